The zero-order valence-electron chi connectivity index (χ0n) is 10.1. The number of para-hydroxylation sites is 1. The van der Waals surface area contributed by atoms with Crippen LogP contribution in [0, 0.1) is 5.82 Å². The first-order valence-electron chi connectivity index (χ1n) is 6.03. The van der Waals surface area contributed by atoms with Gasteiger partial charge in [0.25, 0.3) is 0 Å². The molecule has 0 aliphatic carbocycles. The average molecular weight is 253 g/mol. The SMILES string of the molecule is OC(c1ccccc1F)c1ccnc2ccccc12. The van der Waals surface area contributed by atoms with Gasteiger partial charge in [-0.05, 0) is 23.8 Å². The van der Waals surface area contributed by atoms with E-state index < -0.39 is 11.9 Å². The molecular formula is C16H12FNO. The summed E-state index contributed by atoms with van der Waals surface area (Å²) < 4.78 is 13.8. The predicted molar refractivity (Wildman–Crippen MR) is 72.2 cm³/mol. The number of fused-ring (bicyclic) bond motifs is 1. The van der Waals surface area contributed by atoms with Gasteiger partial charge in [0.2, 0.25) is 0 Å². The Morgan fingerprint density at radius 2 is 1.63 bits per heavy atom. The highest BCUT2D eigenvalue weighted by Crippen LogP contribution is 2.28. The van der Waals surface area contributed by atoms with E-state index in [1.54, 1.807) is 30.5 Å². The zero-order chi connectivity index (χ0) is 13.2. The van der Waals surface area contributed by atoms with Crippen molar-refractivity contribution in [3.05, 3.63) is 77.7 Å². The lowest BCUT2D eigenvalue weighted by Crippen LogP contribution is -2.03. The van der Waals surface area contributed by atoms with Crippen LogP contribution in [-0.2, 0) is 0 Å². The molecule has 0 saturated heterocycles. The standard InChI is InChI=1S/C16H12FNO/c17-14-7-3-1-6-13(14)16(19)12-9-10-18-15-8-4-2-5-11(12)15/h1-10,16,19H. The quantitative estimate of drug-likeness (QED) is 0.758. The smallest absolute Gasteiger partial charge is 0.129 e. The second kappa shape index (κ2) is 4.78. The summed E-state index contributed by atoms with van der Waals surface area (Å²) in [6.45, 7) is 0. The Morgan fingerprint density at radius 3 is 2.47 bits per heavy atom. The van der Waals surface area contributed by atoms with Crippen molar-refractivity contribution >= 4 is 10.9 Å². The van der Waals surface area contributed by atoms with Gasteiger partial charge in [0.05, 0.1) is 5.52 Å². The Bertz CT molecular complexity index is 721. The summed E-state index contributed by atoms with van der Waals surface area (Å²) in [5.41, 5.74) is 1.73. The molecule has 0 aliphatic rings. The van der Waals surface area contributed by atoms with E-state index in [1.807, 2.05) is 24.3 Å². The first-order chi connectivity index (χ1) is 9.27. The Morgan fingerprint density at radius 1 is 0.895 bits per heavy atom. The van der Waals surface area contributed by atoms with Gasteiger partial charge in [-0.25, -0.2) is 4.39 Å². The van der Waals surface area contributed by atoms with E-state index in [9.17, 15) is 9.50 Å². The van der Waals surface area contributed by atoms with Crippen LogP contribution in [-0.4, -0.2) is 10.1 Å². The van der Waals surface area contributed by atoms with Crippen LogP contribution in [0.4, 0.5) is 4.39 Å². The van der Waals surface area contributed by atoms with E-state index in [4.69, 9.17) is 0 Å². The lowest BCUT2D eigenvalue weighted by Gasteiger charge is -2.14. The maximum Gasteiger partial charge on any atom is 0.129 e. The molecule has 1 N–H and O–H groups in total. The number of aliphatic hydroxyl groups excluding tert-OH is 1. The van der Waals surface area contributed by atoms with Crippen molar-refractivity contribution in [2.45, 2.75) is 6.10 Å². The molecule has 0 amide bonds. The Kier molecular flexibility index (Phi) is 2.97. The van der Waals surface area contributed by atoms with Crippen molar-refractivity contribution in [3.63, 3.8) is 0 Å². The van der Waals surface area contributed by atoms with Crippen molar-refractivity contribution in [2.24, 2.45) is 0 Å². The van der Waals surface area contributed by atoms with Gasteiger partial charge in [-0.15, -0.1) is 0 Å². The lowest BCUT2D eigenvalue weighted by molar-refractivity contribution is 0.216. The molecule has 1 atom stereocenters. The molecule has 0 fully saturated rings. The summed E-state index contributed by atoms with van der Waals surface area (Å²) in [6.07, 6.45) is 0.635. The summed E-state index contributed by atoms with van der Waals surface area (Å²) in [6, 6.07) is 15.5. The van der Waals surface area contributed by atoms with Gasteiger partial charge in [0.1, 0.15) is 11.9 Å². The molecule has 94 valence electrons. The summed E-state index contributed by atoms with van der Waals surface area (Å²) in [7, 11) is 0. The van der Waals surface area contributed by atoms with E-state index in [0.29, 0.717) is 5.56 Å². The number of hydrogen-bond donors (Lipinski definition) is 1. The Labute approximate surface area is 110 Å². The van der Waals surface area contributed by atoms with Crippen LogP contribution in [0.2, 0.25) is 0 Å². The van der Waals surface area contributed by atoms with E-state index in [-0.39, 0.29) is 5.56 Å². The van der Waals surface area contributed by atoms with Gasteiger partial charge in [-0.3, -0.25) is 4.98 Å². The number of aliphatic hydroxyl groups is 1. The van der Waals surface area contributed by atoms with Crippen LogP contribution in [0.3, 0.4) is 0 Å². The minimum absolute atomic E-state index is 0.277. The van der Waals surface area contributed by atoms with Crippen LogP contribution in [0.25, 0.3) is 10.9 Å². The number of halogens is 1. The lowest BCUT2D eigenvalue weighted by atomic mass is 9.98. The molecule has 3 heteroatoms. The molecular weight excluding hydrogens is 241 g/mol. The summed E-state index contributed by atoms with van der Waals surface area (Å²) >= 11 is 0. The van der Waals surface area contributed by atoms with Gasteiger partial charge >= 0.3 is 0 Å². The van der Waals surface area contributed by atoms with Crippen molar-refractivity contribution in [1.29, 1.82) is 0 Å². The maximum absolute atomic E-state index is 13.8. The second-order valence-corrected chi connectivity index (χ2v) is 4.34. The summed E-state index contributed by atoms with van der Waals surface area (Å²) in [5, 5.41) is 11.2. The third kappa shape index (κ3) is 2.09. The molecule has 2 nitrogen and oxygen atoms in total. The summed E-state index contributed by atoms with van der Waals surface area (Å²) in [4.78, 5) is 4.24. The second-order valence-electron chi connectivity index (χ2n) is 4.34. The highest BCUT2D eigenvalue weighted by atomic mass is 19.1. The minimum Gasteiger partial charge on any atom is -0.384 e. The third-order valence-corrected chi connectivity index (χ3v) is 3.18. The highest BCUT2D eigenvalue weighted by molar-refractivity contribution is 5.82. The fourth-order valence-corrected chi connectivity index (χ4v) is 2.22. The molecule has 0 spiro atoms. The minimum atomic E-state index is -0.992. The van der Waals surface area contributed by atoms with Gasteiger partial charge in [-0.2, -0.15) is 0 Å². The number of pyridine rings is 1. The average Bonchev–Trinajstić information content (AvgIpc) is 2.46. The van der Waals surface area contributed by atoms with E-state index >= 15 is 0 Å². The normalized spacial score (nSPS) is 12.5. The van der Waals surface area contributed by atoms with Crippen LogP contribution >= 0.6 is 0 Å². The number of rotatable bonds is 2. The molecule has 3 aromatic rings. The Hall–Kier alpha value is -2.26. The van der Waals surface area contributed by atoms with Crippen LogP contribution in [0.15, 0.2) is 60.8 Å². The molecule has 1 heterocycles. The van der Waals surface area contributed by atoms with Crippen LogP contribution < -0.4 is 0 Å². The van der Waals surface area contributed by atoms with Crippen molar-refractivity contribution in [1.82, 2.24) is 4.98 Å². The third-order valence-electron chi connectivity index (χ3n) is 3.18. The van der Waals surface area contributed by atoms with E-state index in [1.165, 1.54) is 6.07 Å². The predicted octanol–water partition coefficient (Wildman–Crippen LogP) is 3.46. The van der Waals surface area contributed by atoms with E-state index in [2.05, 4.69) is 4.98 Å². The number of benzene rings is 2. The molecule has 0 aliphatic heterocycles. The van der Waals surface area contributed by atoms with Gasteiger partial charge in [-0.1, -0.05) is 36.4 Å². The fraction of sp³-hybridized carbons (Fsp3) is 0.0625. The maximum atomic E-state index is 13.8. The van der Waals surface area contributed by atoms with Gasteiger partial charge < -0.3 is 5.11 Å². The van der Waals surface area contributed by atoms with Crippen molar-refractivity contribution < 1.29 is 9.50 Å². The molecule has 0 bridgehead atoms. The molecule has 0 saturated carbocycles. The largest absolute Gasteiger partial charge is 0.384 e. The molecule has 1 aromatic heterocycles. The zero-order valence-corrected chi connectivity index (χ0v) is 10.1. The summed E-state index contributed by atoms with van der Waals surface area (Å²) in [5.74, 6) is -0.407. The monoisotopic (exact) mass is 253 g/mol. The molecule has 1 unspecified atom stereocenters. The first kappa shape index (κ1) is 11.8. The molecule has 3 rings (SSSR count). The molecule has 0 radical (unpaired) electrons. The Balaban J connectivity index is 2.17. The van der Waals surface area contributed by atoms with E-state index in [0.717, 1.165) is 10.9 Å². The fourth-order valence-electron chi connectivity index (χ4n) is 2.22. The number of hydrogen-bond acceptors (Lipinski definition) is 2. The molecule has 2 aromatic carbocycles. The number of aromatic nitrogens is 1. The van der Waals surface area contributed by atoms with Crippen LogP contribution in [0.5, 0.6) is 0 Å². The van der Waals surface area contributed by atoms with Crippen molar-refractivity contribution in [3.8, 4) is 0 Å². The van der Waals surface area contributed by atoms with Gasteiger partial charge in [0.15, 0.2) is 0 Å². The van der Waals surface area contributed by atoms with Gasteiger partial charge in [0, 0.05) is 17.1 Å². The molecule has 19 heavy (non-hydrogen) atoms. The van der Waals surface area contributed by atoms with Crippen LogP contribution in [0.1, 0.15) is 17.2 Å². The first-order valence-corrected chi connectivity index (χ1v) is 6.03. The van der Waals surface area contributed by atoms with Crippen molar-refractivity contribution in [2.75, 3.05) is 0 Å². The number of nitrogens with zero attached hydrogens (tertiary/aromatic N) is 1. The highest BCUT2D eigenvalue weighted by Gasteiger charge is 2.16. The topological polar surface area (TPSA) is 33.1 Å².